The van der Waals surface area contributed by atoms with Gasteiger partial charge < -0.3 is 19.1 Å². The molecule has 46 heavy (non-hydrogen) atoms. The molecule has 8 nitrogen and oxygen atoms in total. The smallest absolute Gasteiger partial charge is 0.343 e. The van der Waals surface area contributed by atoms with Gasteiger partial charge in [-0.2, -0.15) is 0 Å². The summed E-state index contributed by atoms with van der Waals surface area (Å²) in [5.41, 5.74) is 2.17. The maximum atomic E-state index is 14.7. The summed E-state index contributed by atoms with van der Waals surface area (Å²) in [6.45, 7) is 0.801. The molecule has 6 atom stereocenters. The maximum absolute atomic E-state index is 14.7. The average Bonchev–Trinajstić information content (AvgIpc) is 3.78. The summed E-state index contributed by atoms with van der Waals surface area (Å²) in [6.07, 6.45) is 1.91. The number of hydrogen-bond acceptors (Lipinski definition) is 7. The molecule has 0 N–H and O–H groups in total. The first kappa shape index (κ1) is 28.5. The Bertz CT molecular complexity index is 1790. The van der Waals surface area contributed by atoms with Crippen LogP contribution >= 0.6 is 0 Å². The molecule has 3 saturated heterocycles. The summed E-state index contributed by atoms with van der Waals surface area (Å²) in [7, 11) is 3.28. The number of ether oxygens (including phenoxy) is 3. The Kier molecular flexibility index (Phi) is 6.91. The Morgan fingerprint density at radius 1 is 0.783 bits per heavy atom. The van der Waals surface area contributed by atoms with E-state index in [1.54, 1.807) is 14.2 Å². The number of esters is 1. The molecule has 4 aliphatic heterocycles. The number of anilines is 1. The zero-order chi connectivity index (χ0) is 31.4. The van der Waals surface area contributed by atoms with Crippen molar-refractivity contribution in [3.05, 3.63) is 126 Å². The van der Waals surface area contributed by atoms with E-state index in [9.17, 15) is 9.59 Å². The van der Waals surface area contributed by atoms with Crippen molar-refractivity contribution in [2.24, 2.45) is 4.99 Å². The maximum Gasteiger partial charge on any atom is 0.343 e. The molecular weight excluding hydrogens is 578 g/mol. The average molecular weight is 614 g/mol. The SMILES string of the molecule is COc1ccc([C@H]2[C@@H]3CCCN3C([C@@H]3[C@H](c4ccccc4)C(=O)N3c3ccc(OC)cc3)[C@@]23N=C(c2ccccc2)OC3=O)cc1. The van der Waals surface area contributed by atoms with Crippen LogP contribution in [-0.2, 0) is 14.3 Å². The van der Waals surface area contributed by atoms with Gasteiger partial charge >= 0.3 is 5.97 Å². The highest BCUT2D eigenvalue weighted by Gasteiger charge is 2.73. The van der Waals surface area contributed by atoms with E-state index in [0.717, 1.165) is 47.5 Å². The summed E-state index contributed by atoms with van der Waals surface area (Å²) in [5, 5.41) is 0. The predicted molar refractivity (Wildman–Crippen MR) is 175 cm³/mol. The second-order valence-corrected chi connectivity index (χ2v) is 12.4. The molecule has 0 aromatic heterocycles. The predicted octanol–water partition coefficient (Wildman–Crippen LogP) is 5.58. The van der Waals surface area contributed by atoms with E-state index in [1.807, 2.05) is 102 Å². The molecule has 0 aliphatic carbocycles. The number of methoxy groups -OCH3 is 2. The van der Waals surface area contributed by atoms with Crippen LogP contribution in [0.2, 0.25) is 0 Å². The van der Waals surface area contributed by atoms with Crippen LogP contribution < -0.4 is 14.4 Å². The molecule has 8 rings (SSSR count). The molecule has 0 saturated carbocycles. The Hall–Kier alpha value is -4.95. The number of fused-ring (bicyclic) bond motifs is 1. The molecule has 4 heterocycles. The van der Waals surface area contributed by atoms with E-state index < -0.39 is 17.5 Å². The number of hydrogen-bond donors (Lipinski definition) is 0. The van der Waals surface area contributed by atoms with Crippen LogP contribution in [0, 0.1) is 0 Å². The number of cyclic esters (lactones) is 1. The number of benzene rings is 4. The van der Waals surface area contributed by atoms with Gasteiger partial charge in [0.25, 0.3) is 0 Å². The minimum absolute atomic E-state index is 0.00112. The summed E-state index contributed by atoms with van der Waals surface area (Å²) >= 11 is 0. The molecule has 1 unspecified atom stereocenters. The van der Waals surface area contributed by atoms with E-state index in [2.05, 4.69) is 17.0 Å². The van der Waals surface area contributed by atoms with Crippen LogP contribution in [0.4, 0.5) is 5.69 Å². The first-order valence-electron chi connectivity index (χ1n) is 15.8. The van der Waals surface area contributed by atoms with Gasteiger partial charge in [0, 0.05) is 23.2 Å². The highest BCUT2D eigenvalue weighted by atomic mass is 16.6. The van der Waals surface area contributed by atoms with Gasteiger partial charge in [-0.1, -0.05) is 60.7 Å². The Labute approximate surface area is 268 Å². The van der Waals surface area contributed by atoms with Crippen LogP contribution in [-0.4, -0.2) is 67.1 Å². The van der Waals surface area contributed by atoms with Gasteiger partial charge in [0.15, 0.2) is 5.54 Å². The quantitative estimate of drug-likeness (QED) is 0.200. The Balaban J connectivity index is 1.34. The highest BCUT2D eigenvalue weighted by Crippen LogP contribution is 2.59. The number of carbonyl (C=O) groups excluding carboxylic acids is 2. The summed E-state index contributed by atoms with van der Waals surface area (Å²) < 4.78 is 17.1. The summed E-state index contributed by atoms with van der Waals surface area (Å²) in [5.74, 6) is 0.673. The molecule has 0 radical (unpaired) electrons. The van der Waals surface area contributed by atoms with Gasteiger partial charge in [-0.05, 0) is 79.0 Å². The van der Waals surface area contributed by atoms with Crippen molar-refractivity contribution < 1.29 is 23.8 Å². The van der Waals surface area contributed by atoms with Crippen molar-refractivity contribution in [2.45, 2.75) is 48.3 Å². The summed E-state index contributed by atoms with van der Waals surface area (Å²) in [6, 6.07) is 34.3. The third kappa shape index (κ3) is 4.20. The van der Waals surface area contributed by atoms with E-state index in [4.69, 9.17) is 19.2 Å². The van der Waals surface area contributed by atoms with Crippen LogP contribution in [0.3, 0.4) is 0 Å². The van der Waals surface area contributed by atoms with E-state index in [-0.39, 0.29) is 29.9 Å². The Morgan fingerprint density at radius 3 is 2.07 bits per heavy atom. The third-order valence-electron chi connectivity index (χ3n) is 10.3. The normalized spacial score (nSPS) is 28.5. The van der Waals surface area contributed by atoms with Crippen molar-refractivity contribution >= 4 is 23.5 Å². The monoisotopic (exact) mass is 613 g/mol. The van der Waals surface area contributed by atoms with E-state index >= 15 is 0 Å². The lowest BCUT2D eigenvalue weighted by Crippen LogP contribution is -2.71. The number of rotatable bonds is 7. The van der Waals surface area contributed by atoms with E-state index in [1.165, 1.54) is 0 Å². The molecule has 1 spiro atoms. The van der Waals surface area contributed by atoms with Crippen molar-refractivity contribution in [3.63, 3.8) is 0 Å². The Morgan fingerprint density at radius 2 is 1.41 bits per heavy atom. The van der Waals surface area contributed by atoms with Gasteiger partial charge in [0.05, 0.1) is 32.2 Å². The van der Waals surface area contributed by atoms with Gasteiger partial charge in [0.2, 0.25) is 11.8 Å². The fourth-order valence-electron chi connectivity index (χ4n) is 8.36. The number of aliphatic imine (C=N–C) groups is 1. The van der Waals surface area contributed by atoms with Crippen molar-refractivity contribution in [3.8, 4) is 11.5 Å². The molecule has 1 amide bonds. The van der Waals surface area contributed by atoms with Crippen molar-refractivity contribution in [2.75, 3.05) is 25.7 Å². The van der Waals surface area contributed by atoms with Crippen molar-refractivity contribution in [1.29, 1.82) is 0 Å². The lowest BCUT2D eigenvalue weighted by molar-refractivity contribution is -0.142. The van der Waals surface area contributed by atoms with Crippen molar-refractivity contribution in [1.82, 2.24) is 4.90 Å². The van der Waals surface area contributed by atoms with Gasteiger partial charge in [-0.15, -0.1) is 0 Å². The zero-order valence-corrected chi connectivity index (χ0v) is 25.8. The fourth-order valence-corrected chi connectivity index (χ4v) is 8.36. The minimum Gasteiger partial charge on any atom is -0.497 e. The second-order valence-electron chi connectivity index (χ2n) is 12.4. The molecule has 3 fully saturated rings. The standard InChI is InChI=1S/C38H35N3O5/c1-44-28-19-15-25(16-20-28)32-30-14-9-23-40(30)34(38(32)37(43)46-35(39-38)26-12-7-4-8-13-26)33-31(24-10-5-3-6-11-24)36(42)41(33)27-17-21-29(45-2)22-18-27/h3-8,10-13,15-22,30-34H,9,14,23H2,1-2H3/t30-,31-,32-,33-,34?,38-/m0/s1. The molecule has 4 aromatic rings. The van der Waals surface area contributed by atoms with Gasteiger partial charge in [-0.25, -0.2) is 9.79 Å². The zero-order valence-electron chi connectivity index (χ0n) is 25.8. The van der Waals surface area contributed by atoms with Crippen LogP contribution in [0.5, 0.6) is 11.5 Å². The topological polar surface area (TPSA) is 80.7 Å². The molecule has 8 heteroatoms. The third-order valence-corrected chi connectivity index (χ3v) is 10.3. The van der Waals surface area contributed by atoms with Crippen LogP contribution in [0.15, 0.2) is 114 Å². The van der Waals surface area contributed by atoms with Crippen LogP contribution in [0.1, 0.15) is 41.4 Å². The lowest BCUT2D eigenvalue weighted by atomic mass is 9.67. The summed E-state index contributed by atoms with van der Waals surface area (Å²) in [4.78, 5) is 38.7. The van der Waals surface area contributed by atoms with Gasteiger partial charge in [-0.3, -0.25) is 9.69 Å². The number of amides is 1. The minimum atomic E-state index is -1.28. The largest absolute Gasteiger partial charge is 0.497 e. The molecule has 0 bridgehead atoms. The second kappa shape index (κ2) is 11.1. The first-order valence-corrected chi connectivity index (χ1v) is 15.8. The highest BCUT2D eigenvalue weighted by molar-refractivity contribution is 6.11. The van der Waals surface area contributed by atoms with Gasteiger partial charge in [0.1, 0.15) is 11.5 Å². The number of β-lactam (4-membered cyclic amide) rings is 1. The molecular formula is C38H35N3O5. The lowest BCUT2D eigenvalue weighted by Gasteiger charge is -2.53. The fraction of sp³-hybridized carbons (Fsp3) is 0.289. The molecule has 232 valence electrons. The van der Waals surface area contributed by atoms with E-state index in [0.29, 0.717) is 11.6 Å². The number of nitrogens with zero attached hydrogens (tertiary/aromatic N) is 3. The first-order chi connectivity index (χ1) is 22.5. The molecule has 4 aromatic carbocycles. The van der Waals surface area contributed by atoms with Crippen LogP contribution in [0.25, 0.3) is 0 Å². The molecule has 4 aliphatic rings. The number of carbonyl (C=O) groups is 2.